The van der Waals surface area contributed by atoms with Gasteiger partial charge in [0.2, 0.25) is 5.91 Å². The van der Waals surface area contributed by atoms with E-state index in [0.29, 0.717) is 11.1 Å². The molecule has 1 heterocycles. The van der Waals surface area contributed by atoms with Crippen LogP contribution in [0.4, 0.5) is 0 Å². The fraction of sp³-hybridized carbons (Fsp3) is 0.514. The second-order valence-corrected chi connectivity index (χ2v) is 13.8. The van der Waals surface area contributed by atoms with Gasteiger partial charge in [0.15, 0.2) is 34.7 Å². The lowest BCUT2D eigenvalue weighted by Crippen LogP contribution is -2.77. The molecule has 250 valence electrons. The summed E-state index contributed by atoms with van der Waals surface area (Å²) in [6, 6.07) is 12.5. The lowest BCUT2D eigenvalue weighted by Gasteiger charge is -2.56. The van der Waals surface area contributed by atoms with Crippen LogP contribution in [0.5, 0.6) is 5.75 Å². The summed E-state index contributed by atoms with van der Waals surface area (Å²) in [6.45, 7) is 4.67. The number of aliphatic hydroxyl groups is 2. The van der Waals surface area contributed by atoms with E-state index < -0.39 is 76.4 Å². The highest BCUT2D eigenvalue weighted by Gasteiger charge is 2.72. The molecule has 0 aromatic heterocycles. The van der Waals surface area contributed by atoms with E-state index in [9.17, 15) is 39.3 Å². The Morgan fingerprint density at radius 1 is 1.04 bits per heavy atom. The summed E-state index contributed by atoms with van der Waals surface area (Å²) in [4.78, 5) is 71.1. The Morgan fingerprint density at radius 3 is 2.32 bits per heavy atom. The number of carbonyl (C=O) groups is 5. The number of piperidine rings is 1. The zero-order valence-corrected chi connectivity index (χ0v) is 26.8. The van der Waals surface area contributed by atoms with Gasteiger partial charge in [-0.3, -0.25) is 33.8 Å². The number of amides is 1. The Hall–Kier alpha value is -3.81. The molecular weight excluding hydrogens is 604 g/mol. The van der Waals surface area contributed by atoms with Crippen LogP contribution in [-0.2, 0) is 32.3 Å². The highest BCUT2D eigenvalue weighted by molar-refractivity contribution is 6.32. The number of fused-ring (bicyclic) bond motifs is 3. The first-order valence-electron chi connectivity index (χ1n) is 16.2. The Balaban J connectivity index is 1.25. The fourth-order valence-electron chi connectivity index (χ4n) is 8.57. The van der Waals surface area contributed by atoms with Gasteiger partial charge in [0, 0.05) is 30.6 Å². The van der Waals surface area contributed by atoms with E-state index in [0.717, 1.165) is 32.5 Å². The Kier molecular flexibility index (Phi) is 8.69. The van der Waals surface area contributed by atoms with Crippen molar-refractivity contribution in [2.24, 2.45) is 29.4 Å². The number of hydrogen-bond acceptors (Lipinski definition) is 11. The van der Waals surface area contributed by atoms with Crippen LogP contribution in [0, 0.1) is 23.7 Å². The number of primary amides is 1. The van der Waals surface area contributed by atoms with Crippen molar-refractivity contribution in [1.82, 2.24) is 15.1 Å². The SMILES string of the molecule is C[C@H]1c2ccc(CNC3CCN(Cc4ccccc4)CC3)c(O)c2C(=O)C2C(=O)[C@]3(O)C(=O)C(C(N)=O)C(=O)[C@@H](N(C)C)[C@@H]3[C@@H](O)[C@@H]21. The van der Waals surface area contributed by atoms with Crippen LogP contribution in [0.2, 0.25) is 0 Å². The molecule has 8 atom stereocenters. The molecule has 0 bridgehead atoms. The lowest BCUT2D eigenvalue weighted by atomic mass is 9.49. The summed E-state index contributed by atoms with van der Waals surface area (Å²) in [7, 11) is 2.93. The molecule has 0 spiro atoms. The van der Waals surface area contributed by atoms with E-state index in [4.69, 9.17) is 5.73 Å². The van der Waals surface area contributed by atoms with Crippen molar-refractivity contribution < 1.29 is 39.3 Å². The van der Waals surface area contributed by atoms with Crippen molar-refractivity contribution in [2.75, 3.05) is 27.2 Å². The predicted molar refractivity (Wildman–Crippen MR) is 169 cm³/mol. The first kappa shape index (κ1) is 33.1. The van der Waals surface area contributed by atoms with Gasteiger partial charge in [-0.1, -0.05) is 49.4 Å². The first-order chi connectivity index (χ1) is 22.3. The number of carbonyl (C=O) groups excluding carboxylic acids is 5. The van der Waals surface area contributed by atoms with Gasteiger partial charge in [0.05, 0.1) is 29.5 Å². The smallest absolute Gasteiger partial charge is 0.235 e. The van der Waals surface area contributed by atoms with Crippen LogP contribution in [0.1, 0.15) is 52.7 Å². The number of ketones is 4. The largest absolute Gasteiger partial charge is 0.507 e. The molecule has 1 saturated heterocycles. The zero-order chi connectivity index (χ0) is 33.9. The summed E-state index contributed by atoms with van der Waals surface area (Å²) in [5, 5.41) is 38.5. The average molecular weight is 647 g/mol. The number of nitrogens with one attached hydrogen (secondary N) is 1. The van der Waals surface area contributed by atoms with E-state index in [2.05, 4.69) is 22.3 Å². The molecule has 12 nitrogen and oxygen atoms in total. The monoisotopic (exact) mass is 646 g/mol. The van der Waals surface area contributed by atoms with Gasteiger partial charge in [-0.15, -0.1) is 0 Å². The van der Waals surface area contributed by atoms with Gasteiger partial charge < -0.3 is 26.4 Å². The second-order valence-electron chi connectivity index (χ2n) is 13.8. The topological polar surface area (TPSA) is 191 Å². The quantitative estimate of drug-likeness (QED) is 0.258. The molecule has 0 radical (unpaired) electrons. The standard InChI is InChI=1S/C35H42N4O8/c1-17-21-10-9-19(15-37-20-11-13-39(14-12-20)16-18-7-5-4-6-8-18)28(40)23(21)29(41)24-22(17)30(42)26-27(38(2)3)31(43)25(34(36)46)33(45)35(26,47)32(24)44/h4-10,17,20,22,24-27,30,37,40,42,47H,11-16H2,1-3H3,(H2,36,46)/t17-,22+,24?,25?,26+,27-,30-,35-/m0/s1. The summed E-state index contributed by atoms with van der Waals surface area (Å²) >= 11 is 0. The number of aromatic hydroxyl groups is 1. The maximum Gasteiger partial charge on any atom is 0.235 e. The van der Waals surface area contributed by atoms with Crippen LogP contribution in [0.25, 0.3) is 0 Å². The lowest BCUT2D eigenvalue weighted by molar-refractivity contribution is -0.196. The molecular formula is C35H42N4O8. The molecule has 2 unspecified atom stereocenters. The molecule has 1 aliphatic heterocycles. The van der Waals surface area contributed by atoms with Crippen molar-refractivity contribution in [3.8, 4) is 5.75 Å². The number of phenols is 1. The van der Waals surface area contributed by atoms with E-state index in [1.807, 2.05) is 18.2 Å². The number of phenolic OH excluding ortho intramolecular Hbond substituents is 1. The number of rotatable bonds is 7. The van der Waals surface area contributed by atoms with E-state index in [1.165, 1.54) is 24.6 Å². The molecule has 2 aromatic rings. The minimum atomic E-state index is -3.01. The van der Waals surface area contributed by atoms with Crippen molar-refractivity contribution in [1.29, 1.82) is 0 Å². The fourth-order valence-corrected chi connectivity index (χ4v) is 8.57. The van der Waals surface area contributed by atoms with Crippen molar-refractivity contribution in [2.45, 2.75) is 62.6 Å². The molecule has 2 aromatic carbocycles. The maximum absolute atomic E-state index is 14.2. The normalized spacial score (nSPS) is 33.0. The molecule has 47 heavy (non-hydrogen) atoms. The average Bonchev–Trinajstić information content (AvgIpc) is 3.03. The third kappa shape index (κ3) is 5.23. The minimum absolute atomic E-state index is 0.0896. The number of nitrogens with two attached hydrogens (primary N) is 1. The molecule has 2 saturated carbocycles. The van der Waals surface area contributed by atoms with Crippen LogP contribution < -0.4 is 11.1 Å². The summed E-state index contributed by atoms with van der Waals surface area (Å²) in [5.41, 5.74) is 4.42. The number of Topliss-reactive ketones (excluding diaryl/α,β-unsaturated/α-hetero) is 4. The van der Waals surface area contributed by atoms with Gasteiger partial charge in [0.1, 0.15) is 5.75 Å². The van der Waals surface area contributed by atoms with Gasteiger partial charge in [-0.25, -0.2) is 0 Å². The van der Waals surface area contributed by atoms with Gasteiger partial charge >= 0.3 is 0 Å². The van der Waals surface area contributed by atoms with E-state index >= 15 is 0 Å². The number of aliphatic hydroxyl groups excluding tert-OH is 1. The number of nitrogens with zero attached hydrogens (tertiary/aromatic N) is 2. The highest BCUT2D eigenvalue weighted by atomic mass is 16.3. The third-order valence-corrected chi connectivity index (χ3v) is 11.0. The van der Waals surface area contributed by atoms with Gasteiger partial charge in [0.25, 0.3) is 0 Å². The first-order valence-corrected chi connectivity index (χ1v) is 16.2. The third-order valence-electron chi connectivity index (χ3n) is 11.0. The molecule has 12 heteroatoms. The van der Waals surface area contributed by atoms with Crippen molar-refractivity contribution in [3.63, 3.8) is 0 Å². The highest BCUT2D eigenvalue weighted by Crippen LogP contribution is 2.54. The minimum Gasteiger partial charge on any atom is -0.507 e. The number of likely N-dealkylation sites (N-methyl/N-ethyl adjacent to an activating group) is 1. The van der Waals surface area contributed by atoms with Gasteiger partial charge in [-0.2, -0.15) is 0 Å². The summed E-state index contributed by atoms with van der Waals surface area (Å²) in [6.07, 6.45) is 0.155. The van der Waals surface area contributed by atoms with Crippen LogP contribution in [0.15, 0.2) is 42.5 Å². The number of hydrogen-bond donors (Lipinski definition) is 5. The maximum atomic E-state index is 14.2. The van der Waals surface area contributed by atoms with E-state index in [-0.39, 0.29) is 23.9 Å². The van der Waals surface area contributed by atoms with Gasteiger partial charge in [-0.05, 0) is 57.1 Å². The van der Waals surface area contributed by atoms with Crippen LogP contribution in [0.3, 0.4) is 0 Å². The molecule has 6 N–H and O–H groups in total. The zero-order valence-electron chi connectivity index (χ0n) is 26.8. The van der Waals surface area contributed by atoms with E-state index in [1.54, 1.807) is 19.1 Å². The summed E-state index contributed by atoms with van der Waals surface area (Å²) in [5.74, 6) is -13.2. The predicted octanol–water partition coefficient (Wildman–Crippen LogP) is 0.153. The number of benzene rings is 2. The Bertz CT molecular complexity index is 1620. The summed E-state index contributed by atoms with van der Waals surface area (Å²) < 4.78 is 0. The van der Waals surface area contributed by atoms with Crippen molar-refractivity contribution >= 4 is 29.0 Å². The molecule has 6 rings (SSSR count). The van der Waals surface area contributed by atoms with Crippen LogP contribution >= 0.6 is 0 Å². The Morgan fingerprint density at radius 2 is 1.70 bits per heavy atom. The van der Waals surface area contributed by atoms with Crippen molar-refractivity contribution in [3.05, 3.63) is 64.7 Å². The molecule has 4 aliphatic rings. The Labute approximate surface area is 272 Å². The molecule has 3 fully saturated rings. The van der Waals surface area contributed by atoms with Crippen LogP contribution in [-0.4, -0.2) is 105 Å². The molecule has 3 aliphatic carbocycles. The second kappa shape index (κ2) is 12.3. The molecule has 1 amide bonds. The number of likely N-dealkylation sites (tertiary alicyclic amines) is 1.